The van der Waals surface area contributed by atoms with E-state index in [1.807, 2.05) is 11.8 Å². The van der Waals surface area contributed by atoms with Crippen molar-refractivity contribution in [3.8, 4) is 5.75 Å². The summed E-state index contributed by atoms with van der Waals surface area (Å²) in [5.74, 6) is -0.0162. The number of nitrogens with one attached hydrogen (secondary N) is 1. The number of hydrogen-bond donors (Lipinski definition) is 1. The number of benzene rings is 2. The highest BCUT2D eigenvalue weighted by Gasteiger charge is 2.29. The average molecular weight is 466 g/mol. The van der Waals surface area contributed by atoms with E-state index in [0.717, 1.165) is 0 Å². The monoisotopic (exact) mass is 465 g/mol. The van der Waals surface area contributed by atoms with Gasteiger partial charge in [0.1, 0.15) is 18.2 Å². The molecule has 2 aromatic rings. The Balaban J connectivity index is 1.48. The number of halogens is 1. The summed E-state index contributed by atoms with van der Waals surface area (Å²) in [5.41, 5.74) is 0.517. The Hall–Kier alpha value is -2.53. The van der Waals surface area contributed by atoms with Crippen LogP contribution >= 0.6 is 0 Å². The lowest BCUT2D eigenvalue weighted by Gasteiger charge is -2.33. The summed E-state index contributed by atoms with van der Waals surface area (Å²) in [4.78, 5) is 14.3. The molecule has 1 aliphatic rings. The van der Waals surface area contributed by atoms with Crippen molar-refractivity contribution in [1.29, 1.82) is 0 Å². The van der Waals surface area contributed by atoms with Crippen molar-refractivity contribution in [3.05, 3.63) is 54.3 Å². The van der Waals surface area contributed by atoms with Crippen LogP contribution in [0, 0.1) is 5.82 Å². The number of piperazine rings is 1. The van der Waals surface area contributed by atoms with Gasteiger partial charge in [-0.3, -0.25) is 9.69 Å². The molecule has 1 saturated heterocycles. The van der Waals surface area contributed by atoms with Gasteiger partial charge in [-0.15, -0.1) is 0 Å². The lowest BCUT2D eigenvalue weighted by molar-refractivity contribution is -0.117. The van der Waals surface area contributed by atoms with Crippen molar-refractivity contribution in [2.45, 2.75) is 11.8 Å². The second-order valence-corrected chi connectivity index (χ2v) is 9.19. The van der Waals surface area contributed by atoms with E-state index >= 15 is 0 Å². The third-order valence-corrected chi connectivity index (χ3v) is 6.90. The van der Waals surface area contributed by atoms with Gasteiger partial charge in [0.15, 0.2) is 0 Å². The molecule has 0 saturated carbocycles. The zero-order chi connectivity index (χ0) is 23.0. The highest BCUT2D eigenvalue weighted by molar-refractivity contribution is 7.89. The number of nitrogens with zero attached hydrogens (tertiary/aromatic N) is 2. The van der Waals surface area contributed by atoms with Crippen molar-refractivity contribution in [1.82, 2.24) is 9.21 Å². The summed E-state index contributed by atoms with van der Waals surface area (Å²) in [5, 5.41) is 2.71. The number of anilines is 1. The van der Waals surface area contributed by atoms with Crippen molar-refractivity contribution in [3.63, 3.8) is 0 Å². The Morgan fingerprint density at radius 2 is 1.66 bits per heavy atom. The molecule has 0 spiro atoms. The van der Waals surface area contributed by atoms with E-state index in [1.165, 1.54) is 40.7 Å². The molecule has 10 heteroatoms. The van der Waals surface area contributed by atoms with Crippen LogP contribution in [0.2, 0.25) is 0 Å². The molecular weight excluding hydrogens is 437 g/mol. The normalized spacial score (nSPS) is 15.4. The molecule has 1 heterocycles. The molecule has 3 rings (SSSR count). The number of sulfonamides is 1. The van der Waals surface area contributed by atoms with Gasteiger partial charge in [-0.25, -0.2) is 12.8 Å². The van der Waals surface area contributed by atoms with Crippen LogP contribution in [0.4, 0.5) is 10.1 Å². The maximum Gasteiger partial charge on any atom is 0.243 e. The first-order valence-electron chi connectivity index (χ1n) is 10.5. The van der Waals surface area contributed by atoms with Gasteiger partial charge < -0.3 is 14.8 Å². The molecule has 0 bridgehead atoms. The van der Waals surface area contributed by atoms with Crippen molar-refractivity contribution < 1.29 is 27.1 Å². The Morgan fingerprint density at radius 3 is 2.28 bits per heavy atom. The smallest absolute Gasteiger partial charge is 0.243 e. The van der Waals surface area contributed by atoms with Crippen molar-refractivity contribution in [2.75, 3.05) is 57.9 Å². The third-order valence-electron chi connectivity index (χ3n) is 4.99. The molecule has 0 aromatic heterocycles. The topological polar surface area (TPSA) is 88.2 Å². The van der Waals surface area contributed by atoms with E-state index in [2.05, 4.69) is 5.32 Å². The minimum Gasteiger partial charge on any atom is -0.491 e. The maximum atomic E-state index is 13.0. The summed E-state index contributed by atoms with van der Waals surface area (Å²) in [6, 6.07) is 11.9. The zero-order valence-corrected chi connectivity index (χ0v) is 18.8. The van der Waals surface area contributed by atoms with Gasteiger partial charge in [-0.1, -0.05) is 0 Å². The molecule has 1 fully saturated rings. The predicted octanol–water partition coefficient (Wildman–Crippen LogP) is 2.19. The second-order valence-electron chi connectivity index (χ2n) is 7.25. The van der Waals surface area contributed by atoms with Crippen LogP contribution in [0.3, 0.4) is 0 Å². The Kier molecular flexibility index (Phi) is 8.57. The fraction of sp³-hybridized carbons (Fsp3) is 0.409. The molecule has 0 unspecified atom stereocenters. The lowest BCUT2D eigenvalue weighted by Crippen LogP contribution is -2.50. The number of amides is 1. The molecule has 32 heavy (non-hydrogen) atoms. The van der Waals surface area contributed by atoms with Crippen LogP contribution in [0.15, 0.2) is 53.4 Å². The molecule has 1 N–H and O–H groups in total. The van der Waals surface area contributed by atoms with Crippen molar-refractivity contribution in [2.24, 2.45) is 0 Å². The molecule has 1 aliphatic heterocycles. The molecular formula is C22H28FN3O5S. The molecule has 8 nitrogen and oxygen atoms in total. The van der Waals surface area contributed by atoms with Gasteiger partial charge in [0.25, 0.3) is 0 Å². The largest absolute Gasteiger partial charge is 0.491 e. The molecule has 0 radical (unpaired) electrons. The first-order valence-corrected chi connectivity index (χ1v) is 11.9. The molecule has 0 aliphatic carbocycles. The fourth-order valence-electron chi connectivity index (χ4n) is 3.28. The van der Waals surface area contributed by atoms with Crippen LogP contribution < -0.4 is 10.1 Å². The molecule has 1 amide bonds. The highest BCUT2D eigenvalue weighted by Crippen LogP contribution is 2.21. The lowest BCUT2D eigenvalue weighted by atomic mass is 10.3. The van der Waals surface area contributed by atoms with Gasteiger partial charge in [-0.05, 0) is 55.5 Å². The first-order chi connectivity index (χ1) is 15.4. The standard InChI is InChI=1S/C22H28FN3O5S/c1-2-30-15-16-31-20-7-9-21(10-8-20)32(28,29)26-13-11-25(12-14-26)17-22(27)24-19-5-3-18(23)4-6-19/h3-10H,2,11-17H2,1H3,(H,24,27). The minimum absolute atomic E-state index is 0.138. The van der Waals surface area contributed by atoms with Crippen LogP contribution in [0.5, 0.6) is 5.75 Å². The number of ether oxygens (including phenoxy) is 2. The number of hydrogen-bond acceptors (Lipinski definition) is 6. The SMILES string of the molecule is CCOCCOc1ccc(S(=O)(=O)N2CCN(CC(=O)Nc3ccc(F)cc3)CC2)cc1. The fourth-order valence-corrected chi connectivity index (χ4v) is 4.71. The van der Waals surface area contributed by atoms with E-state index in [0.29, 0.717) is 57.4 Å². The summed E-state index contributed by atoms with van der Waals surface area (Å²) < 4.78 is 51.0. The summed E-state index contributed by atoms with van der Waals surface area (Å²) in [7, 11) is -3.62. The minimum atomic E-state index is -3.62. The number of carbonyl (C=O) groups excluding carboxylic acids is 1. The van der Waals surface area contributed by atoms with Gasteiger partial charge in [0, 0.05) is 38.5 Å². The van der Waals surface area contributed by atoms with Crippen LogP contribution in [-0.4, -0.2) is 76.1 Å². The predicted molar refractivity (Wildman–Crippen MR) is 119 cm³/mol. The maximum absolute atomic E-state index is 13.0. The van der Waals surface area contributed by atoms with E-state index in [4.69, 9.17) is 9.47 Å². The number of rotatable bonds is 10. The van der Waals surface area contributed by atoms with Gasteiger partial charge in [-0.2, -0.15) is 4.31 Å². The Morgan fingerprint density at radius 1 is 1.00 bits per heavy atom. The molecule has 2 aromatic carbocycles. The van der Waals surface area contributed by atoms with Crippen LogP contribution in [-0.2, 0) is 19.6 Å². The van der Waals surface area contributed by atoms with E-state index in [-0.39, 0.29) is 23.2 Å². The second kappa shape index (κ2) is 11.4. The Bertz CT molecular complexity index is 976. The average Bonchev–Trinajstić information content (AvgIpc) is 2.79. The quantitative estimate of drug-likeness (QED) is 0.541. The first kappa shape index (κ1) is 24.1. The van der Waals surface area contributed by atoms with Gasteiger partial charge in [0.2, 0.25) is 15.9 Å². The van der Waals surface area contributed by atoms with Gasteiger partial charge in [0.05, 0.1) is 18.0 Å². The zero-order valence-electron chi connectivity index (χ0n) is 18.0. The molecule has 0 atom stereocenters. The summed E-state index contributed by atoms with van der Waals surface area (Å²) in [6.45, 7) is 4.99. The van der Waals surface area contributed by atoms with E-state index in [1.54, 1.807) is 12.1 Å². The van der Waals surface area contributed by atoms with E-state index in [9.17, 15) is 17.6 Å². The summed E-state index contributed by atoms with van der Waals surface area (Å²) >= 11 is 0. The highest BCUT2D eigenvalue weighted by atomic mass is 32.2. The molecule has 174 valence electrons. The van der Waals surface area contributed by atoms with Gasteiger partial charge >= 0.3 is 0 Å². The van der Waals surface area contributed by atoms with Crippen LogP contribution in [0.25, 0.3) is 0 Å². The number of carbonyl (C=O) groups is 1. The Labute approximate surface area is 188 Å². The van der Waals surface area contributed by atoms with Crippen molar-refractivity contribution >= 4 is 21.6 Å². The summed E-state index contributed by atoms with van der Waals surface area (Å²) in [6.07, 6.45) is 0. The van der Waals surface area contributed by atoms with E-state index < -0.39 is 10.0 Å². The third kappa shape index (κ3) is 6.73. The van der Waals surface area contributed by atoms with Crippen LogP contribution in [0.1, 0.15) is 6.92 Å².